The van der Waals surface area contributed by atoms with Crippen molar-refractivity contribution in [3.8, 4) is 5.75 Å². The summed E-state index contributed by atoms with van der Waals surface area (Å²) in [4.78, 5) is 25.2. The Morgan fingerprint density at radius 2 is 2.04 bits per heavy atom. The van der Waals surface area contributed by atoms with Gasteiger partial charge in [0.15, 0.2) is 6.61 Å². The Labute approximate surface area is 145 Å². The van der Waals surface area contributed by atoms with Crippen molar-refractivity contribution < 1.29 is 19.4 Å². The van der Waals surface area contributed by atoms with Gasteiger partial charge in [-0.05, 0) is 18.1 Å². The van der Waals surface area contributed by atoms with Gasteiger partial charge in [-0.25, -0.2) is 0 Å². The predicted octanol–water partition coefficient (Wildman–Crippen LogP) is 0.911. The van der Waals surface area contributed by atoms with Crippen LogP contribution in [-0.2, 0) is 16.6 Å². The van der Waals surface area contributed by atoms with Crippen LogP contribution in [0, 0.1) is 5.92 Å². The molecular weight excluding hydrogens is 324 g/mol. The molecule has 1 aliphatic heterocycles. The fourth-order valence-corrected chi connectivity index (χ4v) is 3.13. The lowest BCUT2D eigenvalue weighted by molar-refractivity contribution is -0.138. The van der Waals surface area contributed by atoms with Crippen molar-refractivity contribution >= 4 is 11.9 Å². The molecule has 1 amide bonds. The van der Waals surface area contributed by atoms with E-state index in [4.69, 9.17) is 9.84 Å². The van der Waals surface area contributed by atoms with Gasteiger partial charge < -0.3 is 14.7 Å². The molecule has 2 unspecified atom stereocenters. The van der Waals surface area contributed by atoms with Crippen molar-refractivity contribution in [2.24, 2.45) is 13.0 Å². The standard InChI is InChI=1S/C17H20N4O4/c1-20-10-15(18-19-20)14-9-21(8-12(14)7-17(23)24)16(22)11-25-13-5-3-2-4-6-13/h2-6,10,12,14H,7-9,11H2,1H3,(H,23,24). The largest absolute Gasteiger partial charge is 0.484 e. The molecule has 1 aromatic heterocycles. The number of ether oxygens (including phenoxy) is 1. The molecule has 0 bridgehead atoms. The van der Waals surface area contributed by atoms with Gasteiger partial charge in [0, 0.05) is 32.3 Å². The summed E-state index contributed by atoms with van der Waals surface area (Å²) in [5.41, 5.74) is 0.716. The molecule has 1 aliphatic rings. The second-order valence-corrected chi connectivity index (χ2v) is 6.18. The van der Waals surface area contributed by atoms with Gasteiger partial charge in [-0.15, -0.1) is 5.10 Å². The first-order chi connectivity index (χ1) is 12.0. The lowest BCUT2D eigenvalue weighted by Crippen LogP contribution is -2.33. The molecule has 3 rings (SSSR count). The second-order valence-electron chi connectivity index (χ2n) is 6.18. The molecule has 132 valence electrons. The van der Waals surface area contributed by atoms with Crippen LogP contribution in [0.5, 0.6) is 5.75 Å². The number of carbonyl (C=O) groups excluding carboxylic acids is 1. The highest BCUT2D eigenvalue weighted by atomic mass is 16.5. The molecular formula is C17H20N4O4. The first-order valence-corrected chi connectivity index (χ1v) is 8.06. The summed E-state index contributed by atoms with van der Waals surface area (Å²) in [5.74, 6) is -0.734. The minimum atomic E-state index is -0.881. The number of rotatable bonds is 6. The Morgan fingerprint density at radius 1 is 1.28 bits per heavy atom. The van der Waals surface area contributed by atoms with Gasteiger partial charge in [0.2, 0.25) is 0 Å². The summed E-state index contributed by atoms with van der Waals surface area (Å²) < 4.78 is 7.08. The summed E-state index contributed by atoms with van der Waals surface area (Å²) in [6.07, 6.45) is 1.76. The van der Waals surface area contributed by atoms with Crippen LogP contribution in [0.3, 0.4) is 0 Å². The van der Waals surface area contributed by atoms with E-state index in [-0.39, 0.29) is 30.8 Å². The van der Waals surface area contributed by atoms with Crippen LogP contribution in [0.1, 0.15) is 18.0 Å². The van der Waals surface area contributed by atoms with Gasteiger partial charge in [-0.1, -0.05) is 23.4 Å². The van der Waals surface area contributed by atoms with Gasteiger partial charge in [0.05, 0.1) is 12.1 Å². The van der Waals surface area contributed by atoms with E-state index < -0.39 is 5.97 Å². The number of likely N-dealkylation sites (tertiary alicyclic amines) is 1. The van der Waals surface area contributed by atoms with Crippen molar-refractivity contribution in [2.75, 3.05) is 19.7 Å². The predicted molar refractivity (Wildman–Crippen MR) is 88.0 cm³/mol. The zero-order chi connectivity index (χ0) is 17.8. The SMILES string of the molecule is Cn1cc(C2CN(C(=O)COc3ccccc3)CC2CC(=O)O)nn1. The van der Waals surface area contributed by atoms with E-state index in [2.05, 4.69) is 10.3 Å². The third-order valence-corrected chi connectivity index (χ3v) is 4.34. The maximum absolute atomic E-state index is 12.4. The third kappa shape index (κ3) is 4.14. The first-order valence-electron chi connectivity index (χ1n) is 8.06. The van der Waals surface area contributed by atoms with Gasteiger partial charge in [-0.3, -0.25) is 14.3 Å². The van der Waals surface area contributed by atoms with Gasteiger partial charge >= 0.3 is 5.97 Å². The topological polar surface area (TPSA) is 97.5 Å². The molecule has 0 saturated carbocycles. The lowest BCUT2D eigenvalue weighted by atomic mass is 9.91. The van der Waals surface area contributed by atoms with Crippen LogP contribution in [0.2, 0.25) is 0 Å². The number of hydrogen-bond acceptors (Lipinski definition) is 5. The minimum Gasteiger partial charge on any atom is -0.484 e. The Hall–Kier alpha value is -2.90. The van der Waals surface area contributed by atoms with E-state index >= 15 is 0 Å². The normalized spacial score (nSPS) is 19.8. The summed E-state index contributed by atoms with van der Waals surface area (Å²) >= 11 is 0. The quantitative estimate of drug-likeness (QED) is 0.836. The van der Waals surface area contributed by atoms with Crippen molar-refractivity contribution in [1.29, 1.82) is 0 Å². The Balaban J connectivity index is 1.66. The third-order valence-electron chi connectivity index (χ3n) is 4.34. The number of amides is 1. The number of carboxylic acid groups (broad SMARTS) is 1. The molecule has 1 fully saturated rings. The number of carbonyl (C=O) groups is 2. The number of para-hydroxylation sites is 1. The number of benzene rings is 1. The Bertz CT molecular complexity index is 746. The molecule has 1 saturated heterocycles. The fourth-order valence-electron chi connectivity index (χ4n) is 3.13. The van der Waals surface area contributed by atoms with Crippen LogP contribution in [0.15, 0.2) is 36.5 Å². The van der Waals surface area contributed by atoms with E-state index in [1.165, 1.54) is 0 Å². The van der Waals surface area contributed by atoms with Crippen LogP contribution in [0.25, 0.3) is 0 Å². The zero-order valence-corrected chi connectivity index (χ0v) is 13.9. The molecule has 0 aliphatic carbocycles. The number of carboxylic acids is 1. The van der Waals surface area contributed by atoms with Crippen LogP contribution >= 0.6 is 0 Å². The smallest absolute Gasteiger partial charge is 0.303 e. The molecule has 0 spiro atoms. The zero-order valence-electron chi connectivity index (χ0n) is 13.9. The maximum atomic E-state index is 12.4. The van der Waals surface area contributed by atoms with Crippen molar-refractivity contribution in [3.05, 3.63) is 42.2 Å². The summed E-state index contributed by atoms with van der Waals surface area (Å²) in [5, 5.41) is 17.2. The molecule has 1 aromatic carbocycles. The van der Waals surface area contributed by atoms with Gasteiger partial charge in [-0.2, -0.15) is 0 Å². The molecule has 25 heavy (non-hydrogen) atoms. The Kier molecular flexibility index (Phi) is 4.97. The van der Waals surface area contributed by atoms with E-state index in [9.17, 15) is 9.59 Å². The highest BCUT2D eigenvalue weighted by molar-refractivity contribution is 5.78. The Morgan fingerprint density at radius 3 is 2.68 bits per heavy atom. The van der Waals surface area contributed by atoms with Crippen molar-refractivity contribution in [1.82, 2.24) is 19.9 Å². The maximum Gasteiger partial charge on any atom is 0.303 e. The van der Waals surface area contributed by atoms with E-state index in [0.29, 0.717) is 24.5 Å². The molecule has 8 nitrogen and oxygen atoms in total. The van der Waals surface area contributed by atoms with Gasteiger partial charge in [0.1, 0.15) is 5.75 Å². The van der Waals surface area contributed by atoms with Crippen molar-refractivity contribution in [2.45, 2.75) is 12.3 Å². The summed E-state index contributed by atoms with van der Waals surface area (Å²) in [6.45, 7) is 0.731. The van der Waals surface area contributed by atoms with Crippen LogP contribution < -0.4 is 4.74 Å². The molecule has 2 heterocycles. The highest BCUT2D eigenvalue weighted by Gasteiger charge is 2.38. The number of aryl methyl sites for hydroxylation is 1. The van der Waals surface area contributed by atoms with E-state index in [1.54, 1.807) is 35.0 Å². The number of aromatic nitrogens is 3. The van der Waals surface area contributed by atoms with Gasteiger partial charge in [0.25, 0.3) is 5.91 Å². The molecule has 8 heteroatoms. The number of hydrogen-bond donors (Lipinski definition) is 1. The average molecular weight is 344 g/mol. The van der Waals surface area contributed by atoms with Crippen molar-refractivity contribution in [3.63, 3.8) is 0 Å². The summed E-state index contributed by atoms with van der Waals surface area (Å²) in [6, 6.07) is 9.11. The lowest BCUT2D eigenvalue weighted by Gasteiger charge is -2.16. The molecule has 2 atom stereocenters. The van der Waals surface area contributed by atoms with Crippen LogP contribution in [-0.4, -0.2) is 56.6 Å². The average Bonchev–Trinajstić information content (AvgIpc) is 3.19. The fraction of sp³-hybridized carbons (Fsp3) is 0.412. The molecule has 0 radical (unpaired) electrons. The minimum absolute atomic E-state index is 0.00936. The molecule has 2 aromatic rings. The highest BCUT2D eigenvalue weighted by Crippen LogP contribution is 2.33. The number of nitrogens with zero attached hydrogens (tertiary/aromatic N) is 4. The first kappa shape index (κ1) is 16.9. The van der Waals surface area contributed by atoms with E-state index in [0.717, 1.165) is 0 Å². The molecule has 1 N–H and O–H groups in total. The van der Waals surface area contributed by atoms with E-state index in [1.807, 2.05) is 18.2 Å². The second kappa shape index (κ2) is 7.33. The number of aliphatic carboxylic acids is 1. The summed E-state index contributed by atoms with van der Waals surface area (Å²) in [7, 11) is 1.76. The van der Waals surface area contributed by atoms with Crippen LogP contribution in [0.4, 0.5) is 0 Å². The monoisotopic (exact) mass is 344 g/mol.